The second-order valence-corrected chi connectivity index (χ2v) is 5.04. The SMILES string of the molecule is NC1C(Cc2cccc(Cl)c2)N(C(=O)O)CC1(F)F. The number of carbonyl (C=O) groups is 1. The van der Waals surface area contributed by atoms with Gasteiger partial charge in [-0.1, -0.05) is 23.7 Å². The molecular formula is C12H13ClF2N2O2. The van der Waals surface area contributed by atoms with E-state index in [9.17, 15) is 13.6 Å². The van der Waals surface area contributed by atoms with Gasteiger partial charge in [-0.2, -0.15) is 0 Å². The number of alkyl halides is 2. The molecule has 7 heteroatoms. The highest BCUT2D eigenvalue weighted by atomic mass is 35.5. The standard InChI is InChI=1S/C12H13ClF2N2O2/c13-8-3-1-2-7(4-8)5-9-10(16)12(14,15)6-17(9)11(18)19/h1-4,9-10H,5-6,16H2,(H,18,19). The third-order valence-electron chi connectivity index (χ3n) is 3.26. The molecule has 0 radical (unpaired) electrons. The molecule has 104 valence electrons. The molecule has 0 bridgehead atoms. The number of amides is 1. The lowest BCUT2D eigenvalue weighted by Crippen LogP contribution is -2.46. The van der Waals surface area contributed by atoms with E-state index < -0.39 is 30.6 Å². The zero-order valence-corrected chi connectivity index (χ0v) is 10.6. The van der Waals surface area contributed by atoms with Crippen LogP contribution < -0.4 is 5.73 Å². The van der Waals surface area contributed by atoms with Crippen molar-refractivity contribution in [3.05, 3.63) is 34.9 Å². The van der Waals surface area contributed by atoms with Gasteiger partial charge >= 0.3 is 6.09 Å². The Morgan fingerprint density at radius 3 is 2.84 bits per heavy atom. The number of nitrogens with zero attached hydrogens (tertiary/aromatic N) is 1. The molecule has 3 N–H and O–H groups in total. The summed E-state index contributed by atoms with van der Waals surface area (Å²) in [6.45, 7) is -0.866. The van der Waals surface area contributed by atoms with Crippen molar-refractivity contribution in [2.24, 2.45) is 5.73 Å². The largest absolute Gasteiger partial charge is 0.465 e. The van der Waals surface area contributed by atoms with Crippen LogP contribution >= 0.6 is 11.6 Å². The molecule has 1 aromatic rings. The van der Waals surface area contributed by atoms with E-state index in [4.69, 9.17) is 22.4 Å². The monoisotopic (exact) mass is 290 g/mol. The molecule has 19 heavy (non-hydrogen) atoms. The molecule has 2 unspecified atom stereocenters. The molecular weight excluding hydrogens is 278 g/mol. The predicted octanol–water partition coefficient (Wildman–Crippen LogP) is 2.21. The van der Waals surface area contributed by atoms with Gasteiger partial charge in [-0.3, -0.25) is 4.90 Å². The van der Waals surface area contributed by atoms with Crippen LogP contribution in [0.4, 0.5) is 13.6 Å². The maximum absolute atomic E-state index is 13.5. The molecule has 1 heterocycles. The molecule has 2 rings (SSSR count). The van der Waals surface area contributed by atoms with E-state index in [1.807, 2.05) is 0 Å². The van der Waals surface area contributed by atoms with Crippen LogP contribution in [0.2, 0.25) is 5.02 Å². The number of carboxylic acid groups (broad SMARTS) is 1. The Balaban J connectivity index is 2.23. The van der Waals surface area contributed by atoms with E-state index in [0.29, 0.717) is 15.5 Å². The van der Waals surface area contributed by atoms with Gasteiger partial charge < -0.3 is 10.8 Å². The zero-order chi connectivity index (χ0) is 14.2. The molecule has 1 aliphatic rings. The fraction of sp³-hybridized carbons (Fsp3) is 0.417. The average Bonchev–Trinajstić information content (AvgIpc) is 2.53. The van der Waals surface area contributed by atoms with Gasteiger partial charge in [-0.05, 0) is 24.1 Å². The lowest BCUT2D eigenvalue weighted by atomic mass is 9.99. The first kappa shape index (κ1) is 14.0. The van der Waals surface area contributed by atoms with Crippen molar-refractivity contribution in [3.63, 3.8) is 0 Å². The van der Waals surface area contributed by atoms with Gasteiger partial charge in [0.15, 0.2) is 0 Å². The molecule has 0 aromatic heterocycles. The predicted molar refractivity (Wildman–Crippen MR) is 66.6 cm³/mol. The van der Waals surface area contributed by atoms with Crippen molar-refractivity contribution >= 4 is 17.7 Å². The summed E-state index contributed by atoms with van der Waals surface area (Å²) >= 11 is 5.81. The molecule has 1 aliphatic heterocycles. The second kappa shape index (κ2) is 4.94. The number of benzene rings is 1. The minimum absolute atomic E-state index is 0.115. The van der Waals surface area contributed by atoms with Crippen LogP contribution in [0.25, 0.3) is 0 Å². The van der Waals surface area contributed by atoms with E-state index in [2.05, 4.69) is 0 Å². The fourth-order valence-corrected chi connectivity index (χ4v) is 2.49. The lowest BCUT2D eigenvalue weighted by molar-refractivity contribution is -0.00118. The molecule has 2 atom stereocenters. The number of hydrogen-bond donors (Lipinski definition) is 2. The first-order valence-corrected chi connectivity index (χ1v) is 6.06. The van der Waals surface area contributed by atoms with E-state index in [0.717, 1.165) is 0 Å². The number of hydrogen-bond acceptors (Lipinski definition) is 2. The first-order chi connectivity index (χ1) is 8.81. The highest BCUT2D eigenvalue weighted by Crippen LogP contribution is 2.33. The molecule has 0 spiro atoms. The van der Waals surface area contributed by atoms with Gasteiger partial charge in [0, 0.05) is 5.02 Å². The number of rotatable bonds is 2. The highest BCUT2D eigenvalue weighted by Gasteiger charge is 2.54. The van der Waals surface area contributed by atoms with Gasteiger partial charge in [0.2, 0.25) is 0 Å². The van der Waals surface area contributed by atoms with Gasteiger partial charge in [0.25, 0.3) is 5.92 Å². The van der Waals surface area contributed by atoms with Crippen molar-refractivity contribution < 1.29 is 18.7 Å². The summed E-state index contributed by atoms with van der Waals surface area (Å²) in [6, 6.07) is 4.19. The minimum Gasteiger partial charge on any atom is -0.465 e. The number of nitrogens with two attached hydrogens (primary N) is 1. The summed E-state index contributed by atoms with van der Waals surface area (Å²) < 4.78 is 27.0. The smallest absolute Gasteiger partial charge is 0.407 e. The van der Waals surface area contributed by atoms with E-state index in [1.54, 1.807) is 24.3 Å². The van der Waals surface area contributed by atoms with Gasteiger partial charge in [-0.25, -0.2) is 13.6 Å². The second-order valence-electron chi connectivity index (χ2n) is 4.60. The molecule has 1 fully saturated rings. The summed E-state index contributed by atoms with van der Waals surface area (Å²) in [5.41, 5.74) is 6.16. The Kier molecular flexibility index (Phi) is 3.64. The molecule has 0 saturated carbocycles. The normalized spacial score (nSPS) is 25.6. The van der Waals surface area contributed by atoms with Gasteiger partial charge in [0.05, 0.1) is 18.6 Å². The zero-order valence-electron chi connectivity index (χ0n) is 9.89. The van der Waals surface area contributed by atoms with Gasteiger partial charge in [-0.15, -0.1) is 0 Å². The third-order valence-corrected chi connectivity index (χ3v) is 3.50. The Hall–Kier alpha value is -1.40. The van der Waals surface area contributed by atoms with Crippen LogP contribution in [0.15, 0.2) is 24.3 Å². The van der Waals surface area contributed by atoms with E-state index in [-0.39, 0.29) is 6.42 Å². The van der Waals surface area contributed by atoms with E-state index in [1.165, 1.54) is 0 Å². The molecule has 1 saturated heterocycles. The van der Waals surface area contributed by atoms with Crippen LogP contribution in [-0.4, -0.2) is 40.7 Å². The summed E-state index contributed by atoms with van der Waals surface area (Å²) in [5, 5.41) is 9.45. The minimum atomic E-state index is -3.21. The first-order valence-electron chi connectivity index (χ1n) is 5.68. The van der Waals surface area contributed by atoms with Crippen LogP contribution in [0.1, 0.15) is 5.56 Å². The Morgan fingerprint density at radius 1 is 1.58 bits per heavy atom. The maximum Gasteiger partial charge on any atom is 0.407 e. The van der Waals surface area contributed by atoms with Crippen molar-refractivity contribution in [2.75, 3.05) is 6.54 Å². The average molecular weight is 291 g/mol. The van der Waals surface area contributed by atoms with Crippen molar-refractivity contribution in [3.8, 4) is 0 Å². The molecule has 1 aromatic carbocycles. The molecule has 1 amide bonds. The van der Waals surface area contributed by atoms with Crippen LogP contribution in [0.5, 0.6) is 0 Å². The Morgan fingerprint density at radius 2 is 2.26 bits per heavy atom. The maximum atomic E-state index is 13.5. The quantitative estimate of drug-likeness (QED) is 0.877. The van der Waals surface area contributed by atoms with Crippen molar-refractivity contribution in [1.82, 2.24) is 4.90 Å². The van der Waals surface area contributed by atoms with Crippen molar-refractivity contribution in [2.45, 2.75) is 24.4 Å². The summed E-state index contributed by atoms with van der Waals surface area (Å²) in [6.07, 6.45) is -1.27. The summed E-state index contributed by atoms with van der Waals surface area (Å²) in [5.74, 6) is -3.21. The Labute approximate surface area is 113 Å². The topological polar surface area (TPSA) is 66.6 Å². The fourth-order valence-electron chi connectivity index (χ4n) is 2.28. The number of halogens is 3. The van der Waals surface area contributed by atoms with E-state index >= 15 is 0 Å². The third kappa shape index (κ3) is 2.79. The Bertz CT molecular complexity index is 498. The van der Waals surface area contributed by atoms with Crippen LogP contribution in [0, 0.1) is 0 Å². The molecule has 4 nitrogen and oxygen atoms in total. The summed E-state index contributed by atoms with van der Waals surface area (Å²) in [4.78, 5) is 11.7. The summed E-state index contributed by atoms with van der Waals surface area (Å²) in [7, 11) is 0. The number of likely N-dealkylation sites (tertiary alicyclic amines) is 1. The van der Waals surface area contributed by atoms with Gasteiger partial charge in [0.1, 0.15) is 0 Å². The molecule has 0 aliphatic carbocycles. The lowest BCUT2D eigenvalue weighted by Gasteiger charge is -2.23. The highest BCUT2D eigenvalue weighted by molar-refractivity contribution is 6.30. The van der Waals surface area contributed by atoms with Crippen LogP contribution in [-0.2, 0) is 6.42 Å². The van der Waals surface area contributed by atoms with Crippen LogP contribution in [0.3, 0.4) is 0 Å². The van der Waals surface area contributed by atoms with Crippen molar-refractivity contribution in [1.29, 1.82) is 0 Å².